The quantitative estimate of drug-likeness (QED) is 0.420. The van der Waals surface area contributed by atoms with Crippen molar-refractivity contribution in [2.24, 2.45) is 4.99 Å². The first-order valence-corrected chi connectivity index (χ1v) is 8.19. The van der Waals surface area contributed by atoms with E-state index in [9.17, 15) is 0 Å². The molecule has 3 nitrogen and oxygen atoms in total. The van der Waals surface area contributed by atoms with Crippen LogP contribution in [0.2, 0.25) is 0 Å². The minimum Gasteiger partial charge on any atom is -0.356 e. The Bertz CT molecular complexity index is 555. The van der Waals surface area contributed by atoms with Crippen LogP contribution in [0.5, 0.6) is 0 Å². The molecule has 0 spiro atoms. The van der Waals surface area contributed by atoms with Gasteiger partial charge in [0, 0.05) is 13.6 Å². The fourth-order valence-corrected chi connectivity index (χ4v) is 2.93. The van der Waals surface area contributed by atoms with E-state index >= 15 is 0 Å². The predicted octanol–water partition coefficient (Wildman–Crippen LogP) is 4.40. The molecule has 22 heavy (non-hydrogen) atoms. The second-order valence-corrected chi connectivity index (χ2v) is 5.97. The maximum Gasteiger partial charge on any atom is 0.191 e. The van der Waals surface area contributed by atoms with Crippen LogP contribution in [-0.2, 0) is 0 Å². The molecule has 2 rings (SSSR count). The molecule has 0 bridgehead atoms. The first-order chi connectivity index (χ1) is 10.2. The Labute approximate surface area is 154 Å². The Morgan fingerprint density at radius 3 is 2.45 bits per heavy atom. The number of hydrogen-bond acceptors (Lipinski definition) is 2. The molecule has 0 aliphatic heterocycles. The average Bonchev–Trinajstić information content (AvgIpc) is 3.06. The first kappa shape index (κ1) is 19.0. The van der Waals surface area contributed by atoms with Crippen LogP contribution in [0.25, 0.3) is 0 Å². The summed E-state index contributed by atoms with van der Waals surface area (Å²) in [5.41, 5.74) is 2.63. The van der Waals surface area contributed by atoms with Crippen molar-refractivity contribution in [1.29, 1.82) is 0 Å². The lowest BCUT2D eigenvalue weighted by Crippen LogP contribution is -2.40. The van der Waals surface area contributed by atoms with Gasteiger partial charge >= 0.3 is 0 Å². The third-order valence-corrected chi connectivity index (χ3v) is 4.27. The molecular weight excluding hydrogens is 405 g/mol. The fourth-order valence-electron chi connectivity index (χ4n) is 2.15. The van der Waals surface area contributed by atoms with E-state index in [1.54, 1.807) is 11.3 Å². The molecule has 1 aromatic heterocycles. The highest BCUT2D eigenvalue weighted by Crippen LogP contribution is 2.17. The molecule has 2 N–H and O–H groups in total. The Morgan fingerprint density at radius 1 is 1.14 bits per heavy atom. The molecule has 2 atom stereocenters. The largest absolute Gasteiger partial charge is 0.356 e. The second kappa shape index (κ2) is 9.84. The SMILES string of the molecule is CN=C(NCC(C)c1ccsc1)NC(C)c1ccccc1.I. The molecule has 0 saturated carbocycles. The van der Waals surface area contributed by atoms with E-state index < -0.39 is 0 Å². The van der Waals surface area contributed by atoms with Crippen LogP contribution in [0.4, 0.5) is 0 Å². The monoisotopic (exact) mass is 429 g/mol. The van der Waals surface area contributed by atoms with Crippen molar-refractivity contribution in [2.75, 3.05) is 13.6 Å². The van der Waals surface area contributed by atoms with Crippen LogP contribution >= 0.6 is 35.3 Å². The molecule has 120 valence electrons. The Hall–Kier alpha value is -1.08. The molecule has 0 amide bonds. The second-order valence-electron chi connectivity index (χ2n) is 5.19. The van der Waals surface area contributed by atoms with Crippen molar-refractivity contribution in [1.82, 2.24) is 10.6 Å². The normalized spacial score (nSPS) is 13.9. The third-order valence-electron chi connectivity index (χ3n) is 3.56. The molecule has 0 saturated heterocycles. The summed E-state index contributed by atoms with van der Waals surface area (Å²) in [5.74, 6) is 1.32. The summed E-state index contributed by atoms with van der Waals surface area (Å²) in [4.78, 5) is 4.30. The van der Waals surface area contributed by atoms with E-state index in [0.717, 1.165) is 12.5 Å². The lowest BCUT2D eigenvalue weighted by Gasteiger charge is -2.20. The standard InChI is InChI=1S/C17H23N3S.HI/c1-13(16-9-10-21-12-16)11-19-17(18-3)20-14(2)15-7-5-4-6-8-15;/h4-10,12-14H,11H2,1-3H3,(H2,18,19,20);1H. The summed E-state index contributed by atoms with van der Waals surface area (Å²) in [5, 5.41) is 11.2. The highest BCUT2D eigenvalue weighted by atomic mass is 127. The fraction of sp³-hybridized carbons (Fsp3) is 0.353. The van der Waals surface area contributed by atoms with Gasteiger partial charge in [0.1, 0.15) is 0 Å². The van der Waals surface area contributed by atoms with Crippen molar-refractivity contribution in [3.63, 3.8) is 0 Å². The van der Waals surface area contributed by atoms with Crippen LogP contribution in [0, 0.1) is 0 Å². The van der Waals surface area contributed by atoms with Gasteiger partial charge in [0.2, 0.25) is 0 Å². The maximum absolute atomic E-state index is 4.30. The van der Waals surface area contributed by atoms with E-state index in [-0.39, 0.29) is 30.0 Å². The van der Waals surface area contributed by atoms with Crippen molar-refractivity contribution >= 4 is 41.3 Å². The smallest absolute Gasteiger partial charge is 0.191 e. The van der Waals surface area contributed by atoms with Gasteiger partial charge in [-0.1, -0.05) is 37.3 Å². The Kier molecular flexibility index (Phi) is 8.48. The van der Waals surface area contributed by atoms with Gasteiger partial charge in [-0.15, -0.1) is 24.0 Å². The Morgan fingerprint density at radius 2 is 1.86 bits per heavy atom. The van der Waals surface area contributed by atoms with Crippen molar-refractivity contribution in [2.45, 2.75) is 25.8 Å². The Balaban J connectivity index is 0.00000242. The highest BCUT2D eigenvalue weighted by molar-refractivity contribution is 14.0. The average molecular weight is 429 g/mol. The van der Waals surface area contributed by atoms with Gasteiger partial charge in [-0.25, -0.2) is 0 Å². The van der Waals surface area contributed by atoms with E-state index in [2.05, 4.69) is 70.6 Å². The third kappa shape index (κ3) is 5.61. The van der Waals surface area contributed by atoms with Gasteiger partial charge < -0.3 is 10.6 Å². The van der Waals surface area contributed by atoms with E-state index in [0.29, 0.717) is 5.92 Å². The number of benzene rings is 1. The van der Waals surface area contributed by atoms with E-state index in [1.807, 2.05) is 13.1 Å². The molecule has 0 aliphatic carbocycles. The number of halogens is 1. The lowest BCUT2D eigenvalue weighted by molar-refractivity contribution is 0.658. The summed E-state index contributed by atoms with van der Waals surface area (Å²) in [6.07, 6.45) is 0. The van der Waals surface area contributed by atoms with Gasteiger partial charge in [0.05, 0.1) is 6.04 Å². The summed E-state index contributed by atoms with van der Waals surface area (Å²) in [6, 6.07) is 12.8. The van der Waals surface area contributed by atoms with Crippen molar-refractivity contribution in [3.05, 3.63) is 58.3 Å². The van der Waals surface area contributed by atoms with Gasteiger partial charge in [-0.05, 0) is 40.8 Å². The number of aliphatic imine (C=N–C) groups is 1. The zero-order valence-corrected chi connectivity index (χ0v) is 16.4. The molecule has 1 heterocycles. The maximum atomic E-state index is 4.30. The number of thiophene rings is 1. The topological polar surface area (TPSA) is 36.4 Å². The summed E-state index contributed by atoms with van der Waals surface area (Å²) in [7, 11) is 1.81. The summed E-state index contributed by atoms with van der Waals surface area (Å²) < 4.78 is 0. The van der Waals surface area contributed by atoms with E-state index in [1.165, 1.54) is 11.1 Å². The minimum absolute atomic E-state index is 0. The number of nitrogens with zero attached hydrogens (tertiary/aromatic N) is 1. The van der Waals surface area contributed by atoms with Crippen LogP contribution < -0.4 is 10.6 Å². The molecule has 2 unspecified atom stereocenters. The van der Waals surface area contributed by atoms with Gasteiger partial charge in [0.15, 0.2) is 5.96 Å². The van der Waals surface area contributed by atoms with Crippen LogP contribution in [0.1, 0.15) is 36.9 Å². The van der Waals surface area contributed by atoms with Crippen LogP contribution in [-0.4, -0.2) is 19.6 Å². The van der Waals surface area contributed by atoms with Crippen molar-refractivity contribution < 1.29 is 0 Å². The predicted molar refractivity (Wildman–Crippen MR) is 108 cm³/mol. The molecule has 0 fully saturated rings. The number of hydrogen-bond donors (Lipinski definition) is 2. The minimum atomic E-state index is 0. The number of nitrogens with one attached hydrogen (secondary N) is 2. The summed E-state index contributed by atoms with van der Waals surface area (Å²) >= 11 is 1.74. The zero-order chi connectivity index (χ0) is 15.1. The molecule has 1 aromatic carbocycles. The molecule has 5 heteroatoms. The highest BCUT2D eigenvalue weighted by Gasteiger charge is 2.09. The number of rotatable bonds is 5. The summed E-state index contributed by atoms with van der Waals surface area (Å²) in [6.45, 7) is 5.24. The molecule has 2 aromatic rings. The van der Waals surface area contributed by atoms with E-state index in [4.69, 9.17) is 0 Å². The van der Waals surface area contributed by atoms with Crippen LogP contribution in [0.3, 0.4) is 0 Å². The van der Waals surface area contributed by atoms with Crippen LogP contribution in [0.15, 0.2) is 52.2 Å². The van der Waals surface area contributed by atoms with Gasteiger partial charge in [-0.3, -0.25) is 4.99 Å². The first-order valence-electron chi connectivity index (χ1n) is 7.25. The molecule has 0 aliphatic rings. The lowest BCUT2D eigenvalue weighted by atomic mass is 10.1. The van der Waals surface area contributed by atoms with Crippen molar-refractivity contribution in [3.8, 4) is 0 Å². The molecule has 0 radical (unpaired) electrons. The van der Waals surface area contributed by atoms with Gasteiger partial charge in [0.25, 0.3) is 0 Å². The number of guanidine groups is 1. The molecular formula is C17H24IN3S. The zero-order valence-electron chi connectivity index (χ0n) is 13.2. The van der Waals surface area contributed by atoms with Gasteiger partial charge in [-0.2, -0.15) is 11.3 Å².